The highest BCUT2D eigenvalue weighted by atomic mass is 127. The molecule has 1 atom stereocenters. The van der Waals surface area contributed by atoms with E-state index < -0.39 is 0 Å². The van der Waals surface area contributed by atoms with Gasteiger partial charge in [0.2, 0.25) is 0 Å². The van der Waals surface area contributed by atoms with E-state index in [1.807, 2.05) is 18.7 Å². The molecular formula is C22H35IN6O. The number of rotatable bonds is 6. The minimum Gasteiger partial charge on any atom is -0.376 e. The van der Waals surface area contributed by atoms with Crippen molar-refractivity contribution in [1.29, 1.82) is 0 Å². The molecular weight excluding hydrogens is 491 g/mol. The van der Waals surface area contributed by atoms with Crippen LogP contribution in [0.4, 0.5) is 0 Å². The van der Waals surface area contributed by atoms with Crippen LogP contribution in [0.2, 0.25) is 0 Å². The van der Waals surface area contributed by atoms with Crippen molar-refractivity contribution in [1.82, 2.24) is 25.3 Å². The van der Waals surface area contributed by atoms with Crippen LogP contribution in [0.5, 0.6) is 0 Å². The molecule has 1 aliphatic rings. The van der Waals surface area contributed by atoms with E-state index in [1.54, 1.807) is 7.05 Å². The summed E-state index contributed by atoms with van der Waals surface area (Å²) in [5.41, 5.74) is 6.04. The average Bonchev–Trinajstić information content (AvgIpc) is 2.94. The van der Waals surface area contributed by atoms with Gasteiger partial charge in [0.1, 0.15) is 0 Å². The second kappa shape index (κ2) is 11.7. The first-order valence-electron chi connectivity index (χ1n) is 10.3. The van der Waals surface area contributed by atoms with Gasteiger partial charge in [-0.2, -0.15) is 5.10 Å². The number of hydrogen-bond acceptors (Lipinski definition) is 4. The fourth-order valence-electron chi connectivity index (χ4n) is 3.78. The van der Waals surface area contributed by atoms with Crippen molar-refractivity contribution in [3.05, 3.63) is 52.3 Å². The minimum absolute atomic E-state index is 0. The SMILES string of the molecule is CN=C(NCc1cccc(CN2CCOC(C)C2)c1)NCc1c(C)nn(C)c1C.I. The van der Waals surface area contributed by atoms with E-state index in [4.69, 9.17) is 4.74 Å². The lowest BCUT2D eigenvalue weighted by molar-refractivity contribution is -0.0212. The lowest BCUT2D eigenvalue weighted by Gasteiger charge is -2.31. The summed E-state index contributed by atoms with van der Waals surface area (Å²) in [7, 11) is 3.78. The van der Waals surface area contributed by atoms with E-state index in [0.717, 1.165) is 44.4 Å². The Balaban J connectivity index is 0.00000320. The smallest absolute Gasteiger partial charge is 0.191 e. The van der Waals surface area contributed by atoms with Gasteiger partial charge in [-0.3, -0.25) is 14.6 Å². The molecule has 0 spiro atoms. The molecule has 0 amide bonds. The largest absolute Gasteiger partial charge is 0.376 e. The maximum absolute atomic E-state index is 5.64. The molecule has 2 aromatic rings. The molecule has 1 fully saturated rings. The number of halogens is 1. The van der Waals surface area contributed by atoms with Gasteiger partial charge in [0.05, 0.1) is 18.4 Å². The van der Waals surface area contributed by atoms with Crippen molar-refractivity contribution in [2.75, 3.05) is 26.7 Å². The Labute approximate surface area is 197 Å². The van der Waals surface area contributed by atoms with Crippen molar-refractivity contribution in [3.63, 3.8) is 0 Å². The summed E-state index contributed by atoms with van der Waals surface area (Å²) in [6.07, 6.45) is 0.315. The first-order chi connectivity index (χ1) is 14.0. The Bertz CT molecular complexity index is 850. The van der Waals surface area contributed by atoms with Gasteiger partial charge in [-0.1, -0.05) is 24.3 Å². The van der Waals surface area contributed by atoms with Gasteiger partial charge in [0, 0.05) is 58.1 Å². The second-order valence-electron chi connectivity index (χ2n) is 7.79. The normalized spacial score (nSPS) is 17.5. The third-order valence-corrected chi connectivity index (χ3v) is 5.50. The molecule has 1 aromatic heterocycles. The summed E-state index contributed by atoms with van der Waals surface area (Å²) in [6.45, 7) is 11.5. The topological polar surface area (TPSA) is 66.7 Å². The fraction of sp³-hybridized carbons (Fsp3) is 0.545. The van der Waals surface area contributed by atoms with E-state index in [1.165, 1.54) is 22.4 Å². The van der Waals surface area contributed by atoms with E-state index in [-0.39, 0.29) is 24.0 Å². The van der Waals surface area contributed by atoms with Gasteiger partial charge >= 0.3 is 0 Å². The van der Waals surface area contributed by atoms with Crippen molar-refractivity contribution in [2.45, 2.75) is 46.5 Å². The van der Waals surface area contributed by atoms with Crippen molar-refractivity contribution in [3.8, 4) is 0 Å². The van der Waals surface area contributed by atoms with Crippen molar-refractivity contribution < 1.29 is 4.74 Å². The summed E-state index contributed by atoms with van der Waals surface area (Å²) < 4.78 is 7.56. The molecule has 1 aromatic carbocycles. The van der Waals surface area contributed by atoms with E-state index in [0.29, 0.717) is 12.6 Å². The first-order valence-corrected chi connectivity index (χ1v) is 10.3. The van der Waals surface area contributed by atoms with Crippen LogP contribution < -0.4 is 10.6 Å². The van der Waals surface area contributed by atoms with Crippen LogP contribution in [0.1, 0.15) is 35.0 Å². The number of benzene rings is 1. The van der Waals surface area contributed by atoms with Gasteiger partial charge in [0.15, 0.2) is 5.96 Å². The Morgan fingerprint density at radius 2 is 1.97 bits per heavy atom. The van der Waals surface area contributed by atoms with Gasteiger partial charge < -0.3 is 15.4 Å². The molecule has 166 valence electrons. The molecule has 1 aliphatic heterocycles. The van der Waals surface area contributed by atoms with Gasteiger partial charge in [-0.05, 0) is 31.9 Å². The summed E-state index contributed by atoms with van der Waals surface area (Å²) >= 11 is 0. The molecule has 0 bridgehead atoms. The number of aliphatic imine (C=N–C) groups is 1. The third kappa shape index (κ3) is 6.68. The number of hydrogen-bond donors (Lipinski definition) is 2. The van der Waals surface area contributed by atoms with Gasteiger partial charge in [-0.15, -0.1) is 24.0 Å². The first kappa shape index (κ1) is 24.6. The Morgan fingerprint density at radius 1 is 1.23 bits per heavy atom. The van der Waals surface area contributed by atoms with Crippen LogP contribution in [-0.4, -0.2) is 53.5 Å². The van der Waals surface area contributed by atoms with Crippen LogP contribution in [0.3, 0.4) is 0 Å². The molecule has 1 saturated heterocycles. The molecule has 2 N–H and O–H groups in total. The van der Waals surface area contributed by atoms with Crippen molar-refractivity contribution >= 4 is 29.9 Å². The number of guanidine groups is 1. The van der Waals surface area contributed by atoms with Crippen LogP contribution in [0.15, 0.2) is 29.3 Å². The monoisotopic (exact) mass is 526 g/mol. The summed E-state index contributed by atoms with van der Waals surface area (Å²) in [6, 6.07) is 8.76. The highest BCUT2D eigenvalue weighted by Gasteiger charge is 2.16. The Kier molecular flexibility index (Phi) is 9.57. The molecule has 2 heterocycles. The highest BCUT2D eigenvalue weighted by molar-refractivity contribution is 14.0. The van der Waals surface area contributed by atoms with Crippen LogP contribution >= 0.6 is 24.0 Å². The van der Waals surface area contributed by atoms with E-state index in [9.17, 15) is 0 Å². The molecule has 0 radical (unpaired) electrons. The minimum atomic E-state index is 0. The number of ether oxygens (including phenoxy) is 1. The maximum Gasteiger partial charge on any atom is 0.191 e. The summed E-state index contributed by atoms with van der Waals surface area (Å²) in [4.78, 5) is 6.81. The molecule has 30 heavy (non-hydrogen) atoms. The molecule has 8 heteroatoms. The van der Waals surface area contributed by atoms with Crippen LogP contribution in [0.25, 0.3) is 0 Å². The van der Waals surface area contributed by atoms with Crippen LogP contribution in [0, 0.1) is 13.8 Å². The van der Waals surface area contributed by atoms with Crippen LogP contribution in [-0.2, 0) is 31.4 Å². The fourth-order valence-corrected chi connectivity index (χ4v) is 3.78. The summed E-state index contributed by atoms with van der Waals surface area (Å²) in [5, 5.41) is 11.3. The predicted molar refractivity (Wildman–Crippen MR) is 132 cm³/mol. The van der Waals surface area contributed by atoms with Gasteiger partial charge in [0.25, 0.3) is 0 Å². The molecule has 0 aliphatic carbocycles. The maximum atomic E-state index is 5.64. The zero-order valence-electron chi connectivity index (χ0n) is 18.7. The standard InChI is InChI=1S/C22H34N6O.HI/c1-16-14-28(9-10-29-16)15-20-8-6-7-19(11-20)12-24-22(23-4)25-13-21-17(2)26-27(5)18(21)3;/h6-8,11,16H,9-10,12-15H2,1-5H3,(H2,23,24,25);1H. The second-order valence-corrected chi connectivity index (χ2v) is 7.79. The lowest BCUT2D eigenvalue weighted by atomic mass is 10.1. The Morgan fingerprint density at radius 3 is 2.63 bits per heavy atom. The number of aromatic nitrogens is 2. The van der Waals surface area contributed by atoms with Crippen molar-refractivity contribution in [2.24, 2.45) is 12.0 Å². The molecule has 0 saturated carbocycles. The highest BCUT2D eigenvalue weighted by Crippen LogP contribution is 2.13. The predicted octanol–water partition coefficient (Wildman–Crippen LogP) is 2.74. The van der Waals surface area contributed by atoms with E-state index in [2.05, 4.69) is 63.7 Å². The molecule has 7 nitrogen and oxygen atoms in total. The number of nitrogens with one attached hydrogen (secondary N) is 2. The number of nitrogens with zero attached hydrogens (tertiary/aromatic N) is 4. The Hall–Kier alpha value is -1.65. The molecule has 1 unspecified atom stereocenters. The van der Waals surface area contributed by atoms with Gasteiger partial charge in [-0.25, -0.2) is 0 Å². The number of morpholine rings is 1. The molecule has 3 rings (SSSR count). The zero-order valence-corrected chi connectivity index (χ0v) is 21.1. The summed E-state index contributed by atoms with van der Waals surface area (Å²) in [5.74, 6) is 0.792. The quantitative estimate of drug-likeness (QED) is 0.345. The third-order valence-electron chi connectivity index (χ3n) is 5.50. The number of aryl methyl sites for hydroxylation is 2. The lowest BCUT2D eigenvalue weighted by Crippen LogP contribution is -2.40. The van der Waals surface area contributed by atoms with E-state index >= 15 is 0 Å². The zero-order chi connectivity index (χ0) is 20.8. The average molecular weight is 526 g/mol.